The summed E-state index contributed by atoms with van der Waals surface area (Å²) in [5, 5.41) is 9.68. The van der Waals surface area contributed by atoms with Crippen molar-refractivity contribution in [2.75, 3.05) is 27.9 Å². The first-order chi connectivity index (χ1) is 13.1. The molecule has 2 aromatic rings. The smallest absolute Gasteiger partial charge is 0.320 e. The lowest BCUT2D eigenvalue weighted by atomic mass is 9.99. The van der Waals surface area contributed by atoms with E-state index < -0.39 is 12.0 Å². The number of aliphatic carboxylic acids is 1. The average Bonchev–Trinajstić information content (AvgIpc) is 3.17. The lowest BCUT2D eigenvalue weighted by Crippen LogP contribution is -2.39. The summed E-state index contributed by atoms with van der Waals surface area (Å²) in [6.45, 7) is 0.675. The van der Waals surface area contributed by atoms with Crippen molar-refractivity contribution in [1.29, 1.82) is 0 Å². The highest BCUT2D eigenvalue weighted by molar-refractivity contribution is 5.74. The van der Waals surface area contributed by atoms with Gasteiger partial charge in [-0.15, -0.1) is 0 Å². The Hall–Kier alpha value is -2.80. The van der Waals surface area contributed by atoms with Crippen molar-refractivity contribution in [1.82, 2.24) is 9.88 Å². The molecule has 1 N–H and O–H groups in total. The Kier molecular flexibility index (Phi) is 5.81. The Bertz CT molecular complexity index is 771. The van der Waals surface area contributed by atoms with Crippen molar-refractivity contribution in [2.24, 2.45) is 0 Å². The molecular weight excluding hydrogens is 348 g/mol. The average molecular weight is 372 g/mol. The summed E-state index contributed by atoms with van der Waals surface area (Å²) < 4.78 is 16.4. The minimum Gasteiger partial charge on any atom is -0.493 e. The molecule has 0 spiro atoms. The van der Waals surface area contributed by atoms with Gasteiger partial charge in [-0.2, -0.15) is 0 Å². The molecule has 7 nitrogen and oxygen atoms in total. The summed E-state index contributed by atoms with van der Waals surface area (Å²) in [7, 11) is 4.68. The van der Waals surface area contributed by atoms with Crippen LogP contribution >= 0.6 is 0 Å². The predicted molar refractivity (Wildman–Crippen MR) is 99.5 cm³/mol. The van der Waals surface area contributed by atoms with E-state index in [0.717, 1.165) is 17.7 Å². The van der Waals surface area contributed by atoms with Crippen LogP contribution in [0, 0.1) is 0 Å². The number of hydrogen-bond acceptors (Lipinski definition) is 6. The number of hydrogen-bond donors (Lipinski definition) is 1. The molecule has 0 aliphatic carbocycles. The summed E-state index contributed by atoms with van der Waals surface area (Å²) >= 11 is 0. The van der Waals surface area contributed by atoms with Gasteiger partial charge in [0.25, 0.3) is 0 Å². The monoisotopic (exact) mass is 372 g/mol. The second kappa shape index (κ2) is 8.26. The Morgan fingerprint density at radius 1 is 1.19 bits per heavy atom. The maximum absolute atomic E-state index is 11.8. The number of methoxy groups -OCH3 is 3. The predicted octanol–water partition coefficient (Wildman–Crippen LogP) is 2.75. The van der Waals surface area contributed by atoms with Crippen LogP contribution in [0.25, 0.3) is 0 Å². The first kappa shape index (κ1) is 19.0. The summed E-state index contributed by atoms with van der Waals surface area (Å²) in [5.74, 6) is 0.735. The van der Waals surface area contributed by atoms with Crippen molar-refractivity contribution in [3.05, 3.63) is 47.8 Å². The number of nitrogens with zero attached hydrogens (tertiary/aromatic N) is 2. The Morgan fingerprint density at radius 2 is 1.89 bits per heavy atom. The number of pyridine rings is 1. The van der Waals surface area contributed by atoms with Crippen molar-refractivity contribution in [3.8, 4) is 17.2 Å². The van der Waals surface area contributed by atoms with Gasteiger partial charge in [0, 0.05) is 12.7 Å². The molecule has 1 fully saturated rings. The van der Waals surface area contributed by atoms with Gasteiger partial charge in [0.15, 0.2) is 11.5 Å². The molecule has 1 aromatic carbocycles. The largest absolute Gasteiger partial charge is 0.493 e. The second-order valence-corrected chi connectivity index (χ2v) is 6.35. The lowest BCUT2D eigenvalue weighted by molar-refractivity contribution is -0.142. The molecule has 27 heavy (non-hydrogen) atoms. The van der Waals surface area contributed by atoms with Gasteiger partial charge in [0.1, 0.15) is 6.04 Å². The SMILES string of the molecule is COc1cc(C(c2ccccn2)N2CCCC2C(=O)O)cc(OC)c1OC. The van der Waals surface area contributed by atoms with Crippen LogP contribution in [-0.4, -0.2) is 54.9 Å². The van der Waals surface area contributed by atoms with E-state index in [-0.39, 0.29) is 6.04 Å². The molecule has 0 radical (unpaired) electrons. The van der Waals surface area contributed by atoms with Crippen molar-refractivity contribution >= 4 is 5.97 Å². The zero-order valence-electron chi connectivity index (χ0n) is 15.7. The van der Waals surface area contributed by atoms with E-state index in [4.69, 9.17) is 14.2 Å². The van der Waals surface area contributed by atoms with Crippen LogP contribution in [0.15, 0.2) is 36.5 Å². The number of carbonyl (C=O) groups is 1. The molecule has 0 saturated carbocycles. The normalized spacial score (nSPS) is 18.1. The van der Waals surface area contributed by atoms with Gasteiger partial charge in [0.05, 0.1) is 33.1 Å². The summed E-state index contributed by atoms with van der Waals surface area (Å²) in [6, 6.07) is 8.48. The molecule has 0 amide bonds. The van der Waals surface area contributed by atoms with Gasteiger partial charge in [0.2, 0.25) is 5.75 Å². The quantitative estimate of drug-likeness (QED) is 0.800. The van der Waals surface area contributed by atoms with Gasteiger partial charge < -0.3 is 19.3 Å². The fraction of sp³-hybridized carbons (Fsp3) is 0.400. The highest BCUT2D eigenvalue weighted by Gasteiger charge is 2.38. The van der Waals surface area contributed by atoms with Gasteiger partial charge in [-0.1, -0.05) is 6.07 Å². The number of rotatable bonds is 7. The molecule has 7 heteroatoms. The van der Waals surface area contributed by atoms with E-state index in [1.807, 2.05) is 35.2 Å². The van der Waals surface area contributed by atoms with Crippen LogP contribution in [0.1, 0.15) is 30.1 Å². The third-order valence-corrected chi connectivity index (χ3v) is 4.88. The number of ether oxygens (including phenoxy) is 3. The van der Waals surface area contributed by atoms with E-state index in [1.54, 1.807) is 27.5 Å². The van der Waals surface area contributed by atoms with Crippen LogP contribution in [0.5, 0.6) is 17.2 Å². The minimum atomic E-state index is -0.819. The number of likely N-dealkylation sites (tertiary alicyclic amines) is 1. The molecule has 2 atom stereocenters. The molecule has 2 unspecified atom stereocenters. The van der Waals surface area contributed by atoms with Gasteiger partial charge in [-0.05, 0) is 42.7 Å². The van der Waals surface area contributed by atoms with Crippen molar-refractivity contribution < 1.29 is 24.1 Å². The number of carboxylic acids is 1. The van der Waals surface area contributed by atoms with E-state index in [1.165, 1.54) is 0 Å². The molecule has 0 bridgehead atoms. The fourth-order valence-electron chi connectivity index (χ4n) is 3.69. The summed E-state index contributed by atoms with van der Waals surface area (Å²) in [5.41, 5.74) is 1.62. The molecule has 2 heterocycles. The standard InChI is InChI=1S/C20H24N2O5/c1-25-16-11-13(12-17(26-2)19(16)27-3)18(14-7-4-5-9-21-14)22-10-6-8-15(22)20(23)24/h4-5,7,9,11-12,15,18H,6,8,10H2,1-3H3,(H,23,24). The molecule has 1 aromatic heterocycles. The summed E-state index contributed by atoms with van der Waals surface area (Å²) in [4.78, 5) is 18.3. The van der Waals surface area contributed by atoms with Gasteiger partial charge in [-0.3, -0.25) is 14.7 Å². The fourth-order valence-corrected chi connectivity index (χ4v) is 3.69. The highest BCUT2D eigenvalue weighted by Crippen LogP contribution is 2.43. The Balaban J connectivity index is 2.15. The first-order valence-electron chi connectivity index (χ1n) is 8.80. The zero-order valence-corrected chi connectivity index (χ0v) is 15.7. The van der Waals surface area contributed by atoms with E-state index in [0.29, 0.717) is 30.2 Å². The molecule has 144 valence electrons. The van der Waals surface area contributed by atoms with Gasteiger partial charge in [-0.25, -0.2) is 0 Å². The minimum absolute atomic E-state index is 0.330. The van der Waals surface area contributed by atoms with Crippen LogP contribution in [-0.2, 0) is 4.79 Å². The number of carboxylic acid groups (broad SMARTS) is 1. The lowest BCUT2D eigenvalue weighted by Gasteiger charge is -2.31. The van der Waals surface area contributed by atoms with Crippen LogP contribution < -0.4 is 14.2 Å². The second-order valence-electron chi connectivity index (χ2n) is 6.35. The molecule has 1 saturated heterocycles. The number of aromatic nitrogens is 1. The maximum atomic E-state index is 11.8. The van der Waals surface area contributed by atoms with Crippen LogP contribution in [0.4, 0.5) is 0 Å². The Labute approximate surface area is 158 Å². The first-order valence-corrected chi connectivity index (χ1v) is 8.80. The van der Waals surface area contributed by atoms with Crippen LogP contribution in [0.3, 0.4) is 0 Å². The van der Waals surface area contributed by atoms with E-state index in [9.17, 15) is 9.90 Å². The van der Waals surface area contributed by atoms with Crippen molar-refractivity contribution in [3.63, 3.8) is 0 Å². The topological polar surface area (TPSA) is 81.1 Å². The molecule has 3 rings (SSSR count). The molecular formula is C20H24N2O5. The molecule has 1 aliphatic heterocycles. The Morgan fingerprint density at radius 3 is 2.41 bits per heavy atom. The number of benzene rings is 1. The zero-order chi connectivity index (χ0) is 19.4. The summed E-state index contributed by atoms with van der Waals surface area (Å²) in [6.07, 6.45) is 3.15. The maximum Gasteiger partial charge on any atom is 0.320 e. The van der Waals surface area contributed by atoms with Gasteiger partial charge >= 0.3 is 5.97 Å². The van der Waals surface area contributed by atoms with E-state index >= 15 is 0 Å². The third-order valence-electron chi connectivity index (χ3n) is 4.88. The molecule has 1 aliphatic rings. The van der Waals surface area contributed by atoms with Crippen molar-refractivity contribution in [2.45, 2.75) is 24.9 Å². The van der Waals surface area contributed by atoms with E-state index in [2.05, 4.69) is 4.98 Å². The van der Waals surface area contributed by atoms with Crippen LogP contribution in [0.2, 0.25) is 0 Å². The highest BCUT2D eigenvalue weighted by atomic mass is 16.5. The third kappa shape index (κ3) is 3.68.